The number of amides is 1. The van der Waals surface area contributed by atoms with Crippen molar-refractivity contribution >= 4 is 17.2 Å². The van der Waals surface area contributed by atoms with Crippen LogP contribution in [-0.4, -0.2) is 38.7 Å². The van der Waals surface area contributed by atoms with Gasteiger partial charge in [-0.2, -0.15) is 5.10 Å². The van der Waals surface area contributed by atoms with E-state index in [1.54, 1.807) is 16.0 Å². The summed E-state index contributed by atoms with van der Waals surface area (Å²) in [4.78, 5) is 20.3. The van der Waals surface area contributed by atoms with Crippen molar-refractivity contribution in [3.63, 3.8) is 0 Å². The van der Waals surface area contributed by atoms with Crippen LogP contribution in [0.2, 0.25) is 0 Å². The van der Waals surface area contributed by atoms with Gasteiger partial charge in [0.15, 0.2) is 0 Å². The van der Waals surface area contributed by atoms with E-state index in [9.17, 15) is 4.79 Å². The summed E-state index contributed by atoms with van der Waals surface area (Å²) < 4.78 is 1.70. The van der Waals surface area contributed by atoms with Crippen LogP contribution in [0.3, 0.4) is 0 Å². The highest BCUT2D eigenvalue weighted by atomic mass is 32.1. The number of aromatic nitrogens is 3. The third kappa shape index (κ3) is 2.85. The van der Waals surface area contributed by atoms with Crippen LogP contribution in [0, 0.1) is 13.8 Å². The molecular formula is C15H20N4OS. The first-order valence-corrected chi connectivity index (χ1v) is 8.08. The van der Waals surface area contributed by atoms with Crippen LogP contribution in [-0.2, 0) is 7.05 Å². The van der Waals surface area contributed by atoms with Gasteiger partial charge >= 0.3 is 0 Å². The van der Waals surface area contributed by atoms with Gasteiger partial charge in [-0.05, 0) is 26.7 Å². The molecule has 3 heterocycles. The standard InChI is InChI=1S/C15H20N4OS/c1-10-7-16-14(21-10)12-5-4-6-19(8-12)15(20)13-9-18(3)17-11(13)2/h7,9,12H,4-6,8H2,1-3H3/t12-/m1/s1. The average molecular weight is 304 g/mol. The molecule has 1 saturated heterocycles. The van der Waals surface area contributed by atoms with E-state index in [4.69, 9.17) is 0 Å². The minimum Gasteiger partial charge on any atom is -0.338 e. The Balaban J connectivity index is 1.77. The predicted octanol–water partition coefficient (Wildman–Crippen LogP) is 2.51. The summed E-state index contributed by atoms with van der Waals surface area (Å²) >= 11 is 1.75. The fourth-order valence-electron chi connectivity index (χ4n) is 2.90. The Morgan fingerprint density at radius 2 is 2.24 bits per heavy atom. The van der Waals surface area contributed by atoms with Gasteiger partial charge in [-0.3, -0.25) is 9.48 Å². The molecule has 3 rings (SSSR count). The molecule has 0 aromatic carbocycles. The fourth-order valence-corrected chi connectivity index (χ4v) is 3.80. The number of aryl methyl sites for hydroxylation is 3. The van der Waals surface area contributed by atoms with E-state index in [-0.39, 0.29) is 5.91 Å². The van der Waals surface area contributed by atoms with Crippen molar-refractivity contribution in [1.29, 1.82) is 0 Å². The van der Waals surface area contributed by atoms with Crippen molar-refractivity contribution in [2.24, 2.45) is 7.05 Å². The van der Waals surface area contributed by atoms with Crippen molar-refractivity contribution in [2.45, 2.75) is 32.6 Å². The van der Waals surface area contributed by atoms with E-state index in [1.807, 2.05) is 31.3 Å². The lowest BCUT2D eigenvalue weighted by Crippen LogP contribution is -2.39. The second kappa shape index (κ2) is 5.60. The summed E-state index contributed by atoms with van der Waals surface area (Å²) in [5, 5.41) is 5.43. The van der Waals surface area contributed by atoms with E-state index in [0.717, 1.165) is 36.6 Å². The van der Waals surface area contributed by atoms with Gasteiger partial charge in [0.1, 0.15) is 0 Å². The Morgan fingerprint density at radius 1 is 1.43 bits per heavy atom. The number of likely N-dealkylation sites (tertiary alicyclic amines) is 1. The van der Waals surface area contributed by atoms with Crippen molar-refractivity contribution in [2.75, 3.05) is 13.1 Å². The zero-order valence-electron chi connectivity index (χ0n) is 12.7. The van der Waals surface area contributed by atoms with Crippen LogP contribution < -0.4 is 0 Å². The molecule has 0 saturated carbocycles. The highest BCUT2D eigenvalue weighted by Crippen LogP contribution is 2.30. The molecule has 5 nitrogen and oxygen atoms in total. The van der Waals surface area contributed by atoms with Crippen LogP contribution >= 0.6 is 11.3 Å². The van der Waals surface area contributed by atoms with Gasteiger partial charge in [0.05, 0.1) is 16.3 Å². The molecule has 1 amide bonds. The highest BCUT2D eigenvalue weighted by molar-refractivity contribution is 7.11. The monoisotopic (exact) mass is 304 g/mol. The lowest BCUT2D eigenvalue weighted by atomic mass is 9.98. The number of nitrogens with zero attached hydrogens (tertiary/aromatic N) is 4. The van der Waals surface area contributed by atoms with Crippen LogP contribution in [0.5, 0.6) is 0 Å². The molecule has 0 unspecified atom stereocenters. The lowest BCUT2D eigenvalue weighted by Gasteiger charge is -2.31. The van der Waals surface area contributed by atoms with E-state index >= 15 is 0 Å². The smallest absolute Gasteiger partial charge is 0.257 e. The molecule has 0 N–H and O–H groups in total. The summed E-state index contributed by atoms with van der Waals surface area (Å²) in [7, 11) is 1.85. The third-order valence-corrected chi connectivity index (χ3v) is 5.02. The van der Waals surface area contributed by atoms with Crippen molar-refractivity contribution in [1.82, 2.24) is 19.7 Å². The molecule has 0 spiro atoms. The molecule has 6 heteroatoms. The van der Waals surface area contributed by atoms with Gasteiger partial charge in [-0.25, -0.2) is 4.98 Å². The Hall–Kier alpha value is -1.69. The molecule has 1 aliphatic rings. The molecule has 0 bridgehead atoms. The molecule has 21 heavy (non-hydrogen) atoms. The lowest BCUT2D eigenvalue weighted by molar-refractivity contribution is 0.0706. The van der Waals surface area contributed by atoms with Crippen LogP contribution in [0.1, 0.15) is 44.7 Å². The maximum atomic E-state index is 12.7. The highest BCUT2D eigenvalue weighted by Gasteiger charge is 2.28. The van der Waals surface area contributed by atoms with Gasteiger partial charge < -0.3 is 4.90 Å². The van der Waals surface area contributed by atoms with Gasteiger partial charge in [0.2, 0.25) is 0 Å². The number of carbonyl (C=O) groups excluding carboxylic acids is 1. The van der Waals surface area contributed by atoms with Gasteiger partial charge in [0.25, 0.3) is 5.91 Å². The molecular weight excluding hydrogens is 284 g/mol. The first-order valence-electron chi connectivity index (χ1n) is 7.26. The first kappa shape index (κ1) is 14.3. The topological polar surface area (TPSA) is 51.0 Å². The average Bonchev–Trinajstić information content (AvgIpc) is 3.04. The van der Waals surface area contributed by atoms with Crippen molar-refractivity contribution in [3.05, 3.63) is 33.5 Å². The summed E-state index contributed by atoms with van der Waals surface area (Å²) in [5.74, 6) is 0.469. The second-order valence-electron chi connectivity index (χ2n) is 5.70. The molecule has 1 aliphatic heterocycles. The predicted molar refractivity (Wildman–Crippen MR) is 82.7 cm³/mol. The van der Waals surface area contributed by atoms with Crippen molar-refractivity contribution in [3.8, 4) is 0 Å². The van der Waals surface area contributed by atoms with E-state index in [2.05, 4.69) is 17.0 Å². The third-order valence-electron chi connectivity index (χ3n) is 3.94. The zero-order valence-corrected chi connectivity index (χ0v) is 13.5. The van der Waals surface area contributed by atoms with E-state index in [1.165, 1.54) is 4.88 Å². The minimum atomic E-state index is 0.0959. The normalized spacial score (nSPS) is 19.0. The Morgan fingerprint density at radius 3 is 2.86 bits per heavy atom. The Labute approximate surface area is 128 Å². The summed E-state index contributed by atoms with van der Waals surface area (Å²) in [5.41, 5.74) is 1.52. The number of carbonyl (C=O) groups is 1. The molecule has 2 aromatic heterocycles. The number of hydrogen-bond acceptors (Lipinski definition) is 4. The van der Waals surface area contributed by atoms with Crippen LogP contribution in [0.15, 0.2) is 12.4 Å². The quantitative estimate of drug-likeness (QED) is 0.856. The zero-order chi connectivity index (χ0) is 15.0. The summed E-state index contributed by atoms with van der Waals surface area (Å²) in [6, 6.07) is 0. The molecule has 1 fully saturated rings. The maximum absolute atomic E-state index is 12.7. The number of hydrogen-bond donors (Lipinski definition) is 0. The van der Waals surface area contributed by atoms with Crippen molar-refractivity contribution < 1.29 is 4.79 Å². The second-order valence-corrected chi connectivity index (χ2v) is 6.97. The fraction of sp³-hybridized carbons (Fsp3) is 0.533. The van der Waals surface area contributed by atoms with Gasteiger partial charge in [0, 0.05) is 43.3 Å². The van der Waals surface area contributed by atoms with Gasteiger partial charge in [-0.15, -0.1) is 11.3 Å². The number of piperidine rings is 1. The Bertz CT molecular complexity index is 660. The molecule has 0 radical (unpaired) electrons. The summed E-state index contributed by atoms with van der Waals surface area (Å²) in [6.45, 7) is 5.55. The molecule has 1 atom stereocenters. The summed E-state index contributed by atoms with van der Waals surface area (Å²) in [6.07, 6.45) is 5.89. The van der Waals surface area contributed by atoms with Crippen LogP contribution in [0.4, 0.5) is 0 Å². The van der Waals surface area contributed by atoms with E-state index in [0.29, 0.717) is 11.5 Å². The molecule has 112 valence electrons. The first-order chi connectivity index (χ1) is 10.0. The maximum Gasteiger partial charge on any atom is 0.257 e. The molecule has 0 aliphatic carbocycles. The number of rotatable bonds is 2. The SMILES string of the molecule is Cc1cnc([C@@H]2CCCN(C(=O)c3cn(C)nc3C)C2)s1. The minimum absolute atomic E-state index is 0.0959. The van der Waals surface area contributed by atoms with Crippen LogP contribution in [0.25, 0.3) is 0 Å². The number of thiazole rings is 1. The largest absolute Gasteiger partial charge is 0.338 e. The molecule has 2 aromatic rings. The van der Waals surface area contributed by atoms with Gasteiger partial charge in [-0.1, -0.05) is 0 Å². The Kier molecular flexibility index (Phi) is 3.80. The van der Waals surface area contributed by atoms with E-state index < -0.39 is 0 Å².